The zero-order valence-electron chi connectivity index (χ0n) is 16.8. The van der Waals surface area contributed by atoms with Crippen LogP contribution in [0, 0.1) is 0 Å². The maximum absolute atomic E-state index is 12.3. The standard InChI is InChI=1S/C23H18N8O/c32-20-19(17-13-7-8-14-18(17)26-20)30-31-23-28-21(24-15-9-3-1-4-10-15)27-22(29-23)25-16-11-5-2-6-12-16/h1-14H,(H,26,30,32)(H3,24,25,27,28,29,31). The summed E-state index contributed by atoms with van der Waals surface area (Å²) in [5.41, 5.74) is 6.13. The van der Waals surface area contributed by atoms with Crippen LogP contribution in [0.4, 0.5) is 34.9 Å². The number of fused-ring (bicyclic) bond motifs is 1. The lowest BCUT2D eigenvalue weighted by Gasteiger charge is -2.10. The van der Waals surface area contributed by atoms with Crippen LogP contribution in [0.1, 0.15) is 5.56 Å². The van der Waals surface area contributed by atoms with E-state index >= 15 is 0 Å². The van der Waals surface area contributed by atoms with Gasteiger partial charge >= 0.3 is 0 Å². The molecule has 1 aromatic heterocycles. The number of hydrogen-bond donors (Lipinski definition) is 4. The molecule has 9 nitrogen and oxygen atoms in total. The molecule has 156 valence electrons. The number of benzene rings is 3. The molecule has 9 heteroatoms. The highest BCUT2D eigenvalue weighted by Crippen LogP contribution is 2.23. The molecule has 0 fully saturated rings. The molecule has 1 amide bonds. The lowest BCUT2D eigenvalue weighted by Crippen LogP contribution is -2.16. The minimum atomic E-state index is -0.293. The van der Waals surface area contributed by atoms with Crippen molar-refractivity contribution in [2.75, 3.05) is 21.4 Å². The molecular formula is C23H18N8O. The Bertz CT molecular complexity index is 1230. The first-order valence-electron chi connectivity index (χ1n) is 9.89. The van der Waals surface area contributed by atoms with Crippen LogP contribution in [-0.2, 0) is 4.79 Å². The number of amides is 1. The molecule has 0 radical (unpaired) electrons. The van der Waals surface area contributed by atoms with E-state index in [0.29, 0.717) is 23.1 Å². The van der Waals surface area contributed by atoms with Gasteiger partial charge in [-0.25, -0.2) is 5.43 Å². The summed E-state index contributed by atoms with van der Waals surface area (Å²) >= 11 is 0. The van der Waals surface area contributed by atoms with Gasteiger partial charge in [0, 0.05) is 16.9 Å². The highest BCUT2D eigenvalue weighted by atomic mass is 16.2. The monoisotopic (exact) mass is 422 g/mol. The summed E-state index contributed by atoms with van der Waals surface area (Å²) in [5, 5.41) is 13.3. The molecule has 5 rings (SSSR count). The van der Waals surface area contributed by atoms with Crippen molar-refractivity contribution >= 4 is 46.5 Å². The summed E-state index contributed by atoms with van der Waals surface area (Å²) in [7, 11) is 0. The number of aromatic nitrogens is 3. The van der Waals surface area contributed by atoms with Crippen LogP contribution < -0.4 is 21.4 Å². The Kier molecular flexibility index (Phi) is 5.11. The average molecular weight is 422 g/mol. The second-order valence-electron chi connectivity index (χ2n) is 6.86. The molecule has 0 atom stereocenters. The first kappa shape index (κ1) is 19.2. The third kappa shape index (κ3) is 4.21. The first-order chi connectivity index (χ1) is 15.7. The maximum Gasteiger partial charge on any atom is 0.276 e. The van der Waals surface area contributed by atoms with Gasteiger partial charge in [-0.2, -0.15) is 20.1 Å². The van der Waals surface area contributed by atoms with E-state index in [4.69, 9.17) is 0 Å². The van der Waals surface area contributed by atoms with Crippen LogP contribution in [0.25, 0.3) is 0 Å². The highest BCUT2D eigenvalue weighted by molar-refractivity contribution is 6.53. The molecule has 3 aromatic carbocycles. The molecule has 0 saturated carbocycles. The van der Waals surface area contributed by atoms with E-state index in [2.05, 4.69) is 41.4 Å². The van der Waals surface area contributed by atoms with Gasteiger partial charge in [0.2, 0.25) is 17.8 Å². The van der Waals surface area contributed by atoms with Gasteiger partial charge in [-0.3, -0.25) is 4.79 Å². The first-order valence-corrected chi connectivity index (χ1v) is 9.89. The van der Waals surface area contributed by atoms with Crippen molar-refractivity contribution in [2.45, 2.75) is 0 Å². The van der Waals surface area contributed by atoms with Gasteiger partial charge in [0.25, 0.3) is 5.91 Å². The largest absolute Gasteiger partial charge is 0.324 e. The smallest absolute Gasteiger partial charge is 0.276 e. The summed E-state index contributed by atoms with van der Waals surface area (Å²) < 4.78 is 0. The molecule has 0 bridgehead atoms. The Morgan fingerprint density at radius 2 is 1.19 bits per heavy atom. The highest BCUT2D eigenvalue weighted by Gasteiger charge is 2.25. The average Bonchev–Trinajstić information content (AvgIpc) is 3.14. The maximum atomic E-state index is 12.3. The van der Waals surface area contributed by atoms with Crippen molar-refractivity contribution in [3.05, 3.63) is 90.5 Å². The number of hydrazone groups is 1. The fourth-order valence-electron chi connectivity index (χ4n) is 3.16. The minimum absolute atomic E-state index is 0.182. The van der Waals surface area contributed by atoms with E-state index < -0.39 is 0 Å². The van der Waals surface area contributed by atoms with E-state index in [0.717, 1.165) is 11.4 Å². The zero-order valence-corrected chi connectivity index (χ0v) is 16.8. The Labute approximate surface area is 183 Å². The Balaban J connectivity index is 1.46. The van der Waals surface area contributed by atoms with E-state index in [1.807, 2.05) is 84.9 Å². The van der Waals surface area contributed by atoms with E-state index in [1.165, 1.54) is 0 Å². The van der Waals surface area contributed by atoms with Crippen molar-refractivity contribution in [1.82, 2.24) is 15.0 Å². The Hall–Kier alpha value is -4.79. The summed E-state index contributed by atoms with van der Waals surface area (Å²) in [6.07, 6.45) is 0. The number of nitrogens with zero attached hydrogens (tertiary/aromatic N) is 4. The summed E-state index contributed by atoms with van der Waals surface area (Å²) in [5.74, 6) is 0.534. The molecule has 2 heterocycles. The molecule has 0 unspecified atom stereocenters. The fourth-order valence-corrected chi connectivity index (χ4v) is 3.16. The fraction of sp³-hybridized carbons (Fsp3) is 0. The second-order valence-corrected chi connectivity index (χ2v) is 6.86. The van der Waals surface area contributed by atoms with Gasteiger partial charge in [0.1, 0.15) is 0 Å². The van der Waals surface area contributed by atoms with E-state index in [-0.39, 0.29) is 17.6 Å². The Morgan fingerprint density at radius 3 is 1.81 bits per heavy atom. The number of carbonyl (C=O) groups excluding carboxylic acids is 1. The number of anilines is 6. The van der Waals surface area contributed by atoms with E-state index in [9.17, 15) is 4.79 Å². The van der Waals surface area contributed by atoms with Crippen molar-refractivity contribution in [3.63, 3.8) is 0 Å². The summed E-state index contributed by atoms with van der Waals surface area (Å²) in [6.45, 7) is 0. The summed E-state index contributed by atoms with van der Waals surface area (Å²) in [4.78, 5) is 25.5. The number of rotatable bonds is 6. The summed E-state index contributed by atoms with van der Waals surface area (Å²) in [6, 6.07) is 26.5. The minimum Gasteiger partial charge on any atom is -0.324 e. The molecule has 4 aromatic rings. The predicted molar refractivity (Wildman–Crippen MR) is 125 cm³/mol. The van der Waals surface area contributed by atoms with Crippen LogP contribution in [0.2, 0.25) is 0 Å². The second kappa shape index (κ2) is 8.52. The quantitative estimate of drug-likeness (QED) is 0.345. The predicted octanol–water partition coefficient (Wildman–Crippen LogP) is 4.13. The topological polar surface area (TPSA) is 116 Å². The molecule has 0 aliphatic carbocycles. The molecular weight excluding hydrogens is 404 g/mol. The lowest BCUT2D eigenvalue weighted by atomic mass is 10.1. The SMILES string of the molecule is O=C1Nc2ccccc2/C1=N/Nc1nc(Nc2ccccc2)nc(Nc2ccccc2)n1. The molecule has 4 N–H and O–H groups in total. The number of hydrogen-bond acceptors (Lipinski definition) is 8. The van der Waals surface area contributed by atoms with Crippen LogP contribution >= 0.6 is 0 Å². The van der Waals surface area contributed by atoms with Crippen LogP contribution in [0.15, 0.2) is 90.0 Å². The van der Waals surface area contributed by atoms with Crippen molar-refractivity contribution < 1.29 is 4.79 Å². The Morgan fingerprint density at radius 1 is 0.656 bits per heavy atom. The number of nitrogens with one attached hydrogen (secondary N) is 4. The van der Waals surface area contributed by atoms with Gasteiger partial charge in [-0.05, 0) is 30.3 Å². The van der Waals surface area contributed by atoms with Crippen LogP contribution in [0.3, 0.4) is 0 Å². The van der Waals surface area contributed by atoms with Gasteiger partial charge in [-0.15, -0.1) is 0 Å². The molecule has 0 saturated heterocycles. The normalized spacial score (nSPS) is 13.4. The zero-order chi connectivity index (χ0) is 21.8. The molecule has 1 aliphatic rings. The number of carbonyl (C=O) groups is 1. The van der Waals surface area contributed by atoms with Crippen LogP contribution in [0.5, 0.6) is 0 Å². The number of para-hydroxylation sites is 3. The van der Waals surface area contributed by atoms with Gasteiger partial charge < -0.3 is 16.0 Å². The molecule has 0 spiro atoms. The van der Waals surface area contributed by atoms with Crippen LogP contribution in [-0.4, -0.2) is 26.6 Å². The van der Waals surface area contributed by atoms with Crippen molar-refractivity contribution in [1.29, 1.82) is 0 Å². The third-order valence-electron chi connectivity index (χ3n) is 4.61. The third-order valence-corrected chi connectivity index (χ3v) is 4.61. The van der Waals surface area contributed by atoms with Crippen molar-refractivity contribution in [2.24, 2.45) is 5.10 Å². The van der Waals surface area contributed by atoms with Gasteiger partial charge in [0.05, 0.1) is 5.69 Å². The van der Waals surface area contributed by atoms with Gasteiger partial charge in [0.15, 0.2) is 5.71 Å². The van der Waals surface area contributed by atoms with Gasteiger partial charge in [-0.1, -0.05) is 54.6 Å². The van der Waals surface area contributed by atoms with Crippen molar-refractivity contribution in [3.8, 4) is 0 Å². The molecule has 32 heavy (non-hydrogen) atoms. The lowest BCUT2D eigenvalue weighted by molar-refractivity contribution is -0.110. The van der Waals surface area contributed by atoms with E-state index in [1.54, 1.807) is 0 Å². The molecule has 1 aliphatic heterocycles.